The fourth-order valence-corrected chi connectivity index (χ4v) is 1.61. The molecular formula is C12H15N3. The molecule has 0 atom stereocenters. The summed E-state index contributed by atoms with van der Waals surface area (Å²) in [6.45, 7) is 2.19. The van der Waals surface area contributed by atoms with Gasteiger partial charge in [0.15, 0.2) is 0 Å². The first-order chi connectivity index (χ1) is 7.29. The van der Waals surface area contributed by atoms with Gasteiger partial charge in [-0.2, -0.15) is 0 Å². The molecule has 0 saturated heterocycles. The van der Waals surface area contributed by atoms with Crippen LogP contribution in [0, 0.1) is 0 Å². The van der Waals surface area contributed by atoms with E-state index in [-0.39, 0.29) is 0 Å². The zero-order valence-electron chi connectivity index (χ0n) is 9.14. The molecule has 0 saturated carbocycles. The van der Waals surface area contributed by atoms with Gasteiger partial charge in [-0.05, 0) is 12.0 Å². The number of benzene rings is 1. The quantitative estimate of drug-likeness (QED) is 0.763. The summed E-state index contributed by atoms with van der Waals surface area (Å²) in [5.41, 5.74) is 3.44. The largest absolute Gasteiger partial charge is 0.255 e. The summed E-state index contributed by atoms with van der Waals surface area (Å²) in [6.07, 6.45) is 4.25. The van der Waals surface area contributed by atoms with Crippen LogP contribution < -0.4 is 0 Å². The van der Waals surface area contributed by atoms with E-state index in [9.17, 15) is 0 Å². The monoisotopic (exact) mass is 201 g/mol. The van der Waals surface area contributed by atoms with Crippen molar-refractivity contribution >= 4 is 0 Å². The van der Waals surface area contributed by atoms with Crippen LogP contribution in [0.1, 0.15) is 18.9 Å². The third kappa shape index (κ3) is 2.24. The smallest absolute Gasteiger partial charge is 0.113 e. The number of hydrogen-bond acceptors (Lipinski definition) is 2. The van der Waals surface area contributed by atoms with E-state index >= 15 is 0 Å². The molecule has 0 fully saturated rings. The molecule has 0 unspecified atom stereocenters. The van der Waals surface area contributed by atoms with Crippen molar-refractivity contribution in [3.8, 4) is 11.3 Å². The van der Waals surface area contributed by atoms with Crippen LogP contribution in [-0.4, -0.2) is 15.0 Å². The number of aryl methyl sites for hydroxylation is 2. The first-order valence-electron chi connectivity index (χ1n) is 5.25. The minimum Gasteiger partial charge on any atom is -0.255 e. The Morgan fingerprint density at radius 3 is 2.47 bits per heavy atom. The zero-order chi connectivity index (χ0) is 10.7. The van der Waals surface area contributed by atoms with E-state index in [1.807, 2.05) is 13.2 Å². The van der Waals surface area contributed by atoms with E-state index in [0.29, 0.717) is 0 Å². The van der Waals surface area contributed by atoms with Gasteiger partial charge in [0, 0.05) is 12.6 Å². The zero-order valence-corrected chi connectivity index (χ0v) is 9.14. The molecule has 0 N–H and O–H groups in total. The SMILES string of the molecule is CCCc1ccc(-c2cn(C)nn2)cc1. The van der Waals surface area contributed by atoms with Crippen molar-refractivity contribution in [2.75, 3.05) is 0 Å². The molecule has 0 aliphatic rings. The van der Waals surface area contributed by atoms with Gasteiger partial charge < -0.3 is 0 Å². The van der Waals surface area contributed by atoms with Crippen LogP contribution >= 0.6 is 0 Å². The van der Waals surface area contributed by atoms with Crippen LogP contribution in [0.15, 0.2) is 30.5 Å². The van der Waals surface area contributed by atoms with Gasteiger partial charge in [-0.1, -0.05) is 42.8 Å². The number of rotatable bonds is 3. The Morgan fingerprint density at radius 2 is 1.93 bits per heavy atom. The Bertz CT molecular complexity index is 428. The molecule has 0 bridgehead atoms. The maximum absolute atomic E-state index is 4.07. The summed E-state index contributed by atoms with van der Waals surface area (Å²) >= 11 is 0. The standard InChI is InChI=1S/C12H15N3/c1-3-4-10-5-7-11(8-6-10)12-9-15(2)14-13-12/h5-9H,3-4H2,1-2H3. The van der Waals surface area contributed by atoms with Crippen LogP contribution in [-0.2, 0) is 13.5 Å². The third-order valence-electron chi connectivity index (χ3n) is 2.39. The molecule has 0 radical (unpaired) electrons. The highest BCUT2D eigenvalue weighted by molar-refractivity contribution is 5.57. The maximum atomic E-state index is 4.07. The van der Waals surface area contributed by atoms with E-state index in [1.165, 1.54) is 12.0 Å². The van der Waals surface area contributed by atoms with Gasteiger partial charge in [0.2, 0.25) is 0 Å². The maximum Gasteiger partial charge on any atom is 0.113 e. The van der Waals surface area contributed by atoms with Gasteiger partial charge in [0.05, 0.1) is 6.20 Å². The van der Waals surface area contributed by atoms with E-state index < -0.39 is 0 Å². The summed E-state index contributed by atoms with van der Waals surface area (Å²) in [4.78, 5) is 0. The molecule has 0 aliphatic heterocycles. The van der Waals surface area contributed by atoms with E-state index in [4.69, 9.17) is 0 Å². The van der Waals surface area contributed by atoms with Crippen molar-refractivity contribution in [3.63, 3.8) is 0 Å². The summed E-state index contributed by atoms with van der Waals surface area (Å²) in [6, 6.07) is 8.53. The molecule has 15 heavy (non-hydrogen) atoms. The summed E-state index contributed by atoms with van der Waals surface area (Å²) in [7, 11) is 1.88. The highest BCUT2D eigenvalue weighted by Crippen LogP contribution is 2.16. The van der Waals surface area contributed by atoms with Gasteiger partial charge >= 0.3 is 0 Å². The Kier molecular flexibility index (Phi) is 2.81. The van der Waals surface area contributed by atoms with Crippen molar-refractivity contribution in [2.24, 2.45) is 7.05 Å². The highest BCUT2D eigenvalue weighted by Gasteiger charge is 2.01. The van der Waals surface area contributed by atoms with Crippen molar-refractivity contribution in [1.29, 1.82) is 0 Å². The lowest BCUT2D eigenvalue weighted by molar-refractivity contribution is 0.715. The van der Waals surface area contributed by atoms with Crippen LogP contribution in [0.3, 0.4) is 0 Å². The highest BCUT2D eigenvalue weighted by atomic mass is 15.4. The minimum atomic E-state index is 0.931. The molecule has 78 valence electrons. The average molecular weight is 201 g/mol. The van der Waals surface area contributed by atoms with Gasteiger partial charge in [-0.15, -0.1) is 5.10 Å². The molecule has 2 aromatic rings. The Morgan fingerprint density at radius 1 is 1.20 bits per heavy atom. The van der Waals surface area contributed by atoms with Crippen molar-refractivity contribution in [3.05, 3.63) is 36.0 Å². The molecule has 1 aromatic heterocycles. The summed E-state index contributed by atoms with van der Waals surface area (Å²) in [5, 5.41) is 7.99. The lowest BCUT2D eigenvalue weighted by Crippen LogP contribution is -1.85. The fourth-order valence-electron chi connectivity index (χ4n) is 1.61. The van der Waals surface area contributed by atoms with Crippen LogP contribution in [0.2, 0.25) is 0 Å². The average Bonchev–Trinajstić information content (AvgIpc) is 2.67. The van der Waals surface area contributed by atoms with Crippen LogP contribution in [0.5, 0.6) is 0 Å². The number of hydrogen-bond donors (Lipinski definition) is 0. The second-order valence-electron chi connectivity index (χ2n) is 3.72. The van der Waals surface area contributed by atoms with Crippen LogP contribution in [0.25, 0.3) is 11.3 Å². The molecule has 1 heterocycles. The first-order valence-corrected chi connectivity index (χ1v) is 5.25. The van der Waals surface area contributed by atoms with E-state index in [2.05, 4.69) is 41.5 Å². The summed E-state index contributed by atoms with van der Waals surface area (Å²) in [5.74, 6) is 0. The third-order valence-corrected chi connectivity index (χ3v) is 2.39. The van der Waals surface area contributed by atoms with E-state index in [0.717, 1.165) is 17.7 Å². The molecule has 1 aromatic carbocycles. The van der Waals surface area contributed by atoms with Crippen molar-refractivity contribution < 1.29 is 0 Å². The van der Waals surface area contributed by atoms with Crippen LogP contribution in [0.4, 0.5) is 0 Å². The first kappa shape index (κ1) is 9.90. The predicted octanol–water partition coefficient (Wildman–Crippen LogP) is 2.43. The minimum absolute atomic E-state index is 0.931. The van der Waals surface area contributed by atoms with Gasteiger partial charge in [0.25, 0.3) is 0 Å². The molecule has 2 rings (SSSR count). The molecule has 0 amide bonds. The lowest BCUT2D eigenvalue weighted by atomic mass is 10.1. The normalized spacial score (nSPS) is 10.5. The Balaban J connectivity index is 2.23. The molecule has 0 spiro atoms. The van der Waals surface area contributed by atoms with Gasteiger partial charge in [-0.25, -0.2) is 0 Å². The molecule has 3 nitrogen and oxygen atoms in total. The van der Waals surface area contributed by atoms with Crippen molar-refractivity contribution in [1.82, 2.24) is 15.0 Å². The van der Waals surface area contributed by atoms with Gasteiger partial charge in [-0.3, -0.25) is 4.68 Å². The fraction of sp³-hybridized carbons (Fsp3) is 0.333. The molecule has 0 aliphatic carbocycles. The predicted molar refractivity (Wildman–Crippen MR) is 60.4 cm³/mol. The lowest BCUT2D eigenvalue weighted by Gasteiger charge is -1.99. The Labute approximate surface area is 89.7 Å². The summed E-state index contributed by atoms with van der Waals surface area (Å²) < 4.78 is 1.72. The number of aromatic nitrogens is 3. The second-order valence-corrected chi connectivity index (χ2v) is 3.72. The topological polar surface area (TPSA) is 30.7 Å². The molecule has 3 heteroatoms. The number of nitrogens with zero attached hydrogens (tertiary/aromatic N) is 3. The Hall–Kier alpha value is -1.64. The van der Waals surface area contributed by atoms with Gasteiger partial charge in [0.1, 0.15) is 5.69 Å². The van der Waals surface area contributed by atoms with E-state index in [1.54, 1.807) is 4.68 Å². The second kappa shape index (κ2) is 4.26. The van der Waals surface area contributed by atoms with Crippen molar-refractivity contribution in [2.45, 2.75) is 19.8 Å². The molecular weight excluding hydrogens is 186 g/mol.